The smallest absolute Gasteiger partial charge is 0.246 e. The predicted molar refractivity (Wildman–Crippen MR) is 78.5 cm³/mol. The molecule has 6 nitrogen and oxygen atoms in total. The number of nitrogen functional groups attached to an aromatic ring is 1. The van der Waals surface area contributed by atoms with Crippen molar-refractivity contribution in [2.45, 2.75) is 50.0 Å². The maximum Gasteiger partial charge on any atom is 0.246 e. The van der Waals surface area contributed by atoms with Crippen LogP contribution in [0.5, 0.6) is 0 Å². The lowest BCUT2D eigenvalue weighted by molar-refractivity contribution is 0.315. The molecule has 0 spiro atoms. The fourth-order valence-electron chi connectivity index (χ4n) is 2.71. The second kappa shape index (κ2) is 6.51. The van der Waals surface area contributed by atoms with Crippen LogP contribution in [0.1, 0.15) is 39.0 Å². The first-order valence-electron chi connectivity index (χ1n) is 7.03. The standard InChI is InChI=1S/C13H22N4O2S/c1-2-11-6-4-3-5-9-17(11)20(18,19)13-10-15-8-7-12(13)16-14/h7-8,10-11H,2-6,9,14H2,1H3,(H,15,16). The van der Waals surface area contributed by atoms with E-state index in [1.807, 2.05) is 6.92 Å². The van der Waals surface area contributed by atoms with Gasteiger partial charge in [-0.15, -0.1) is 0 Å². The molecular formula is C13H22N4O2S. The molecule has 1 atom stereocenters. The van der Waals surface area contributed by atoms with E-state index in [9.17, 15) is 8.42 Å². The number of sulfonamides is 1. The number of hydrazine groups is 1. The number of hydrogen-bond donors (Lipinski definition) is 2. The van der Waals surface area contributed by atoms with Gasteiger partial charge in [0.2, 0.25) is 10.0 Å². The van der Waals surface area contributed by atoms with Gasteiger partial charge < -0.3 is 5.43 Å². The third-order valence-corrected chi connectivity index (χ3v) is 5.80. The molecule has 1 fully saturated rings. The molecule has 3 N–H and O–H groups in total. The van der Waals surface area contributed by atoms with Crippen LogP contribution in [0.3, 0.4) is 0 Å². The zero-order chi connectivity index (χ0) is 14.6. The van der Waals surface area contributed by atoms with Gasteiger partial charge in [-0.05, 0) is 25.3 Å². The lowest BCUT2D eigenvalue weighted by Crippen LogP contribution is -2.40. The Bertz CT molecular complexity index is 547. The molecule has 0 bridgehead atoms. The van der Waals surface area contributed by atoms with Crippen LogP contribution in [0.2, 0.25) is 0 Å². The van der Waals surface area contributed by atoms with E-state index in [2.05, 4.69) is 10.4 Å². The van der Waals surface area contributed by atoms with Gasteiger partial charge in [0.1, 0.15) is 4.90 Å². The van der Waals surface area contributed by atoms with E-state index in [0.717, 1.165) is 32.1 Å². The summed E-state index contributed by atoms with van der Waals surface area (Å²) in [6.45, 7) is 2.60. The maximum absolute atomic E-state index is 12.9. The average Bonchev–Trinajstić information content (AvgIpc) is 2.72. The Morgan fingerprint density at radius 2 is 2.25 bits per heavy atom. The highest BCUT2D eigenvalue weighted by atomic mass is 32.2. The molecule has 20 heavy (non-hydrogen) atoms. The molecule has 7 heteroatoms. The zero-order valence-corrected chi connectivity index (χ0v) is 12.6. The fraction of sp³-hybridized carbons (Fsp3) is 0.615. The highest BCUT2D eigenvalue weighted by Crippen LogP contribution is 2.29. The number of pyridine rings is 1. The van der Waals surface area contributed by atoms with Crippen LogP contribution in [0.15, 0.2) is 23.4 Å². The fourth-order valence-corrected chi connectivity index (χ4v) is 4.57. The summed E-state index contributed by atoms with van der Waals surface area (Å²) < 4.78 is 27.4. The Kier molecular flexibility index (Phi) is 4.95. The number of rotatable bonds is 4. The topological polar surface area (TPSA) is 88.3 Å². The Labute approximate surface area is 120 Å². The third kappa shape index (κ3) is 2.94. The molecule has 1 unspecified atom stereocenters. The Morgan fingerprint density at radius 1 is 1.45 bits per heavy atom. The molecule has 0 amide bonds. The van der Waals surface area contributed by atoms with Gasteiger partial charge in [0.05, 0.1) is 5.69 Å². The van der Waals surface area contributed by atoms with Gasteiger partial charge >= 0.3 is 0 Å². The minimum absolute atomic E-state index is 0.0633. The largest absolute Gasteiger partial charge is 0.323 e. The van der Waals surface area contributed by atoms with Crippen molar-refractivity contribution in [2.75, 3.05) is 12.0 Å². The molecule has 112 valence electrons. The van der Waals surface area contributed by atoms with Crippen LogP contribution < -0.4 is 11.3 Å². The zero-order valence-electron chi connectivity index (χ0n) is 11.7. The van der Waals surface area contributed by atoms with Crippen LogP contribution in [-0.4, -0.2) is 30.3 Å². The number of anilines is 1. The lowest BCUT2D eigenvalue weighted by Gasteiger charge is -2.28. The number of nitrogens with zero attached hydrogens (tertiary/aromatic N) is 2. The predicted octanol–water partition coefficient (Wildman–Crippen LogP) is 1.71. The van der Waals surface area contributed by atoms with E-state index in [1.54, 1.807) is 10.4 Å². The molecule has 1 aliphatic heterocycles. The van der Waals surface area contributed by atoms with Crippen molar-refractivity contribution in [2.24, 2.45) is 5.84 Å². The summed E-state index contributed by atoms with van der Waals surface area (Å²) in [7, 11) is -3.56. The number of aromatic nitrogens is 1. The lowest BCUT2D eigenvalue weighted by atomic mass is 10.1. The first kappa shape index (κ1) is 15.2. The van der Waals surface area contributed by atoms with Crippen molar-refractivity contribution >= 4 is 15.7 Å². The van der Waals surface area contributed by atoms with Crippen molar-refractivity contribution in [1.82, 2.24) is 9.29 Å². The molecule has 0 radical (unpaired) electrons. The highest BCUT2D eigenvalue weighted by Gasteiger charge is 2.33. The molecule has 2 heterocycles. The minimum Gasteiger partial charge on any atom is -0.323 e. The van der Waals surface area contributed by atoms with E-state index in [-0.39, 0.29) is 10.9 Å². The second-order valence-corrected chi connectivity index (χ2v) is 6.90. The van der Waals surface area contributed by atoms with E-state index in [0.29, 0.717) is 12.2 Å². The van der Waals surface area contributed by atoms with Gasteiger partial charge in [0.25, 0.3) is 0 Å². The van der Waals surface area contributed by atoms with Gasteiger partial charge in [-0.3, -0.25) is 10.8 Å². The number of hydrogen-bond acceptors (Lipinski definition) is 5. The Balaban J connectivity index is 2.41. The van der Waals surface area contributed by atoms with Gasteiger partial charge in [-0.1, -0.05) is 19.8 Å². The molecule has 1 aromatic heterocycles. The number of nitrogens with one attached hydrogen (secondary N) is 1. The van der Waals surface area contributed by atoms with Crippen LogP contribution in [0, 0.1) is 0 Å². The Morgan fingerprint density at radius 3 is 2.95 bits per heavy atom. The van der Waals surface area contributed by atoms with Gasteiger partial charge in [0.15, 0.2) is 0 Å². The van der Waals surface area contributed by atoms with E-state index >= 15 is 0 Å². The molecule has 0 aliphatic carbocycles. The van der Waals surface area contributed by atoms with Crippen LogP contribution in [-0.2, 0) is 10.0 Å². The van der Waals surface area contributed by atoms with E-state index < -0.39 is 10.0 Å². The second-order valence-electron chi connectivity index (χ2n) is 5.04. The SMILES string of the molecule is CCC1CCCCCN1S(=O)(=O)c1cnccc1NN. The van der Waals surface area contributed by atoms with Crippen molar-refractivity contribution in [3.05, 3.63) is 18.5 Å². The van der Waals surface area contributed by atoms with Crippen molar-refractivity contribution < 1.29 is 8.42 Å². The average molecular weight is 298 g/mol. The molecule has 2 rings (SSSR count). The van der Waals surface area contributed by atoms with Crippen molar-refractivity contribution in [3.8, 4) is 0 Å². The molecule has 0 aromatic carbocycles. The summed E-state index contributed by atoms with van der Waals surface area (Å²) in [6.07, 6.45) is 7.70. The van der Waals surface area contributed by atoms with E-state index in [1.165, 1.54) is 12.4 Å². The molecular weight excluding hydrogens is 276 g/mol. The first-order valence-corrected chi connectivity index (χ1v) is 8.47. The first-order chi connectivity index (χ1) is 9.61. The van der Waals surface area contributed by atoms with Crippen LogP contribution in [0.25, 0.3) is 0 Å². The van der Waals surface area contributed by atoms with Crippen LogP contribution in [0.4, 0.5) is 5.69 Å². The minimum atomic E-state index is -3.56. The Hall–Kier alpha value is -1.18. The maximum atomic E-state index is 12.9. The molecule has 1 saturated heterocycles. The molecule has 1 aromatic rings. The normalized spacial score (nSPS) is 21.4. The monoisotopic (exact) mass is 298 g/mol. The number of nitrogens with two attached hydrogens (primary N) is 1. The molecule has 1 aliphatic rings. The summed E-state index contributed by atoms with van der Waals surface area (Å²) in [5.41, 5.74) is 2.83. The third-order valence-electron chi connectivity index (χ3n) is 3.82. The van der Waals surface area contributed by atoms with E-state index in [4.69, 9.17) is 5.84 Å². The van der Waals surface area contributed by atoms with Crippen LogP contribution >= 0.6 is 0 Å². The molecule has 0 saturated carbocycles. The summed E-state index contributed by atoms with van der Waals surface area (Å²) in [5.74, 6) is 5.41. The van der Waals surface area contributed by atoms with Gasteiger partial charge in [-0.25, -0.2) is 8.42 Å². The van der Waals surface area contributed by atoms with Gasteiger partial charge in [0, 0.05) is 25.0 Å². The summed E-state index contributed by atoms with van der Waals surface area (Å²) in [4.78, 5) is 4.08. The quantitative estimate of drug-likeness (QED) is 0.652. The summed E-state index contributed by atoms with van der Waals surface area (Å²) >= 11 is 0. The van der Waals surface area contributed by atoms with Gasteiger partial charge in [-0.2, -0.15) is 4.31 Å². The highest BCUT2D eigenvalue weighted by molar-refractivity contribution is 7.89. The van der Waals surface area contributed by atoms with Crippen molar-refractivity contribution in [1.29, 1.82) is 0 Å². The summed E-state index contributed by atoms with van der Waals surface area (Å²) in [6, 6.07) is 1.64. The summed E-state index contributed by atoms with van der Waals surface area (Å²) in [5, 5.41) is 0. The van der Waals surface area contributed by atoms with Crippen molar-refractivity contribution in [3.63, 3.8) is 0 Å².